The third-order valence-electron chi connectivity index (χ3n) is 5.31. The number of halogens is 1. The Bertz CT molecular complexity index is 738. The van der Waals surface area contributed by atoms with E-state index in [0.29, 0.717) is 5.92 Å². The largest absolute Gasteiger partial charge is 0.497 e. The number of ether oxygens (including phenoxy) is 1. The molecular weight excluding hydrogens is 315 g/mol. The number of benzene rings is 2. The first-order chi connectivity index (χ1) is 12.2. The molecule has 132 valence electrons. The van der Waals surface area contributed by atoms with E-state index in [1.807, 2.05) is 6.07 Å². The van der Waals surface area contributed by atoms with E-state index < -0.39 is 0 Å². The number of nitrogens with zero attached hydrogens (tertiary/aromatic N) is 1. The molecule has 0 aromatic heterocycles. The maximum Gasteiger partial charge on any atom is 0.123 e. The molecule has 1 N–H and O–H groups in total. The van der Waals surface area contributed by atoms with Crippen LogP contribution in [0.25, 0.3) is 0 Å². The lowest BCUT2D eigenvalue weighted by molar-refractivity contribution is 0.345. The van der Waals surface area contributed by atoms with Crippen molar-refractivity contribution in [3.05, 3.63) is 59.4 Å². The highest BCUT2D eigenvalue weighted by Crippen LogP contribution is 2.32. The fraction of sp³-hybridized carbons (Fsp3) is 0.429. The van der Waals surface area contributed by atoms with E-state index in [1.165, 1.54) is 17.3 Å². The molecule has 0 unspecified atom stereocenters. The van der Waals surface area contributed by atoms with Gasteiger partial charge < -0.3 is 15.0 Å². The number of nitrogens with one attached hydrogen (secondary N) is 1. The smallest absolute Gasteiger partial charge is 0.123 e. The van der Waals surface area contributed by atoms with Gasteiger partial charge in [-0.3, -0.25) is 0 Å². The number of hydrogen-bond donors (Lipinski definition) is 1. The minimum Gasteiger partial charge on any atom is -0.497 e. The van der Waals surface area contributed by atoms with Gasteiger partial charge in [-0.1, -0.05) is 12.1 Å². The summed E-state index contributed by atoms with van der Waals surface area (Å²) in [5.74, 6) is 2.13. The zero-order valence-electron chi connectivity index (χ0n) is 14.7. The minimum atomic E-state index is -0.142. The molecule has 25 heavy (non-hydrogen) atoms. The topological polar surface area (TPSA) is 24.5 Å². The maximum absolute atomic E-state index is 13.3. The van der Waals surface area contributed by atoms with Crippen LogP contribution in [0.4, 0.5) is 10.1 Å². The van der Waals surface area contributed by atoms with Gasteiger partial charge in [0.15, 0.2) is 0 Å². The van der Waals surface area contributed by atoms with Crippen molar-refractivity contribution in [3.63, 3.8) is 0 Å². The molecule has 0 amide bonds. The predicted octanol–water partition coefficient (Wildman–Crippen LogP) is 3.28. The van der Waals surface area contributed by atoms with E-state index in [0.717, 1.165) is 56.3 Å². The summed E-state index contributed by atoms with van der Waals surface area (Å²) in [6.07, 6.45) is 2.05. The fourth-order valence-electron chi connectivity index (χ4n) is 3.79. The van der Waals surface area contributed by atoms with Crippen LogP contribution in [0.1, 0.15) is 11.1 Å². The normalized spacial score (nSPS) is 17.9. The van der Waals surface area contributed by atoms with E-state index in [1.54, 1.807) is 19.2 Å². The van der Waals surface area contributed by atoms with E-state index in [4.69, 9.17) is 4.74 Å². The van der Waals surface area contributed by atoms with E-state index in [2.05, 4.69) is 28.4 Å². The van der Waals surface area contributed by atoms with Gasteiger partial charge in [-0.15, -0.1) is 0 Å². The van der Waals surface area contributed by atoms with Crippen molar-refractivity contribution in [2.75, 3.05) is 38.2 Å². The van der Waals surface area contributed by atoms with Gasteiger partial charge >= 0.3 is 0 Å². The van der Waals surface area contributed by atoms with Gasteiger partial charge in [0.25, 0.3) is 0 Å². The summed E-state index contributed by atoms with van der Waals surface area (Å²) in [6, 6.07) is 13.6. The summed E-state index contributed by atoms with van der Waals surface area (Å²) >= 11 is 0. The maximum atomic E-state index is 13.3. The minimum absolute atomic E-state index is 0.142. The SMILES string of the molecule is COc1cc(CC2CNC2)cc(N2CC(Cc3cccc(F)c3)C2)c1. The molecule has 2 aliphatic rings. The molecular formula is C21H25FN2O. The second kappa shape index (κ2) is 7.04. The Kier molecular flexibility index (Phi) is 4.62. The van der Waals surface area contributed by atoms with Crippen molar-refractivity contribution in [2.24, 2.45) is 11.8 Å². The first-order valence-electron chi connectivity index (χ1n) is 9.07. The second-order valence-corrected chi connectivity index (χ2v) is 7.37. The average Bonchev–Trinajstić information content (AvgIpc) is 2.54. The molecule has 4 heteroatoms. The van der Waals surface area contributed by atoms with Crippen LogP contribution in [0, 0.1) is 17.7 Å². The summed E-state index contributed by atoms with van der Waals surface area (Å²) in [5, 5.41) is 3.33. The number of anilines is 1. The monoisotopic (exact) mass is 340 g/mol. The molecule has 4 rings (SSSR count). The van der Waals surface area contributed by atoms with E-state index in [-0.39, 0.29) is 5.82 Å². The van der Waals surface area contributed by atoms with Crippen LogP contribution in [-0.2, 0) is 12.8 Å². The molecule has 2 aromatic carbocycles. The standard InChI is InChI=1S/C21H25FN2O/c1-25-21-9-16(6-17-11-23-12-17)8-20(10-21)24-13-18(14-24)5-15-3-2-4-19(22)7-15/h2-4,7-10,17-18,23H,5-6,11-14H2,1H3. The lowest BCUT2D eigenvalue weighted by Crippen LogP contribution is -2.47. The van der Waals surface area contributed by atoms with Crippen LogP contribution in [0.3, 0.4) is 0 Å². The lowest BCUT2D eigenvalue weighted by atomic mass is 9.90. The van der Waals surface area contributed by atoms with Crippen LogP contribution in [0.5, 0.6) is 5.75 Å². The molecule has 0 aliphatic carbocycles. The highest BCUT2D eigenvalue weighted by Gasteiger charge is 2.28. The molecule has 2 heterocycles. The number of methoxy groups -OCH3 is 1. The molecule has 0 saturated carbocycles. The molecule has 0 spiro atoms. The first-order valence-corrected chi connectivity index (χ1v) is 9.07. The second-order valence-electron chi connectivity index (χ2n) is 7.37. The van der Waals surface area contributed by atoms with Gasteiger partial charge in [0.05, 0.1) is 7.11 Å². The Morgan fingerprint density at radius 2 is 1.84 bits per heavy atom. The van der Waals surface area contributed by atoms with Gasteiger partial charge in [-0.05, 0) is 73.2 Å². The van der Waals surface area contributed by atoms with Crippen LogP contribution >= 0.6 is 0 Å². The molecule has 2 aliphatic heterocycles. The number of hydrogen-bond acceptors (Lipinski definition) is 3. The predicted molar refractivity (Wildman–Crippen MR) is 98.9 cm³/mol. The molecule has 2 aromatic rings. The first kappa shape index (κ1) is 16.4. The Morgan fingerprint density at radius 1 is 1.04 bits per heavy atom. The third-order valence-corrected chi connectivity index (χ3v) is 5.31. The molecule has 0 bridgehead atoms. The molecule has 0 radical (unpaired) electrons. The van der Waals surface area contributed by atoms with Crippen LogP contribution in [0.15, 0.2) is 42.5 Å². The highest BCUT2D eigenvalue weighted by molar-refractivity contribution is 5.55. The summed E-state index contributed by atoms with van der Waals surface area (Å²) in [5.41, 5.74) is 3.69. The molecule has 2 saturated heterocycles. The van der Waals surface area contributed by atoms with Crippen molar-refractivity contribution >= 4 is 5.69 Å². The highest BCUT2D eigenvalue weighted by atomic mass is 19.1. The van der Waals surface area contributed by atoms with Crippen LogP contribution in [-0.4, -0.2) is 33.3 Å². The number of rotatable bonds is 6. The Labute approximate surface area is 148 Å². The lowest BCUT2D eigenvalue weighted by Gasteiger charge is -2.41. The Balaban J connectivity index is 1.39. The van der Waals surface area contributed by atoms with Crippen molar-refractivity contribution in [1.29, 1.82) is 0 Å². The van der Waals surface area contributed by atoms with Crippen molar-refractivity contribution in [1.82, 2.24) is 5.32 Å². The zero-order valence-corrected chi connectivity index (χ0v) is 14.7. The van der Waals surface area contributed by atoms with Gasteiger partial charge in [0.1, 0.15) is 11.6 Å². The van der Waals surface area contributed by atoms with Gasteiger partial charge in [0.2, 0.25) is 0 Å². The van der Waals surface area contributed by atoms with Crippen molar-refractivity contribution in [2.45, 2.75) is 12.8 Å². The third kappa shape index (κ3) is 3.79. The van der Waals surface area contributed by atoms with Crippen molar-refractivity contribution < 1.29 is 9.13 Å². The molecule has 0 atom stereocenters. The van der Waals surface area contributed by atoms with Crippen molar-refractivity contribution in [3.8, 4) is 5.75 Å². The van der Waals surface area contributed by atoms with Gasteiger partial charge in [-0.25, -0.2) is 4.39 Å². The Hall–Kier alpha value is -2.07. The fourth-order valence-corrected chi connectivity index (χ4v) is 3.79. The zero-order chi connectivity index (χ0) is 17.2. The Morgan fingerprint density at radius 3 is 2.52 bits per heavy atom. The molecule has 2 fully saturated rings. The van der Waals surface area contributed by atoms with Crippen LogP contribution < -0.4 is 15.0 Å². The van der Waals surface area contributed by atoms with Crippen LogP contribution in [0.2, 0.25) is 0 Å². The van der Waals surface area contributed by atoms with E-state index in [9.17, 15) is 4.39 Å². The summed E-state index contributed by atoms with van der Waals surface area (Å²) in [6.45, 7) is 4.28. The molecule has 3 nitrogen and oxygen atoms in total. The van der Waals surface area contributed by atoms with Gasteiger partial charge in [0, 0.05) is 24.8 Å². The summed E-state index contributed by atoms with van der Waals surface area (Å²) < 4.78 is 18.8. The summed E-state index contributed by atoms with van der Waals surface area (Å²) in [7, 11) is 1.73. The van der Waals surface area contributed by atoms with E-state index >= 15 is 0 Å². The van der Waals surface area contributed by atoms with Gasteiger partial charge in [-0.2, -0.15) is 0 Å². The average molecular weight is 340 g/mol. The quantitative estimate of drug-likeness (QED) is 0.873. The summed E-state index contributed by atoms with van der Waals surface area (Å²) in [4.78, 5) is 2.40.